The molecule has 2 aromatic carbocycles. The van der Waals surface area contributed by atoms with E-state index in [-0.39, 0.29) is 11.1 Å². The van der Waals surface area contributed by atoms with Crippen LogP contribution in [0.2, 0.25) is 0 Å². The van der Waals surface area contributed by atoms with Gasteiger partial charge in [-0.2, -0.15) is 0 Å². The number of hydrogen-bond donors (Lipinski definition) is 1. The Bertz CT molecular complexity index is 723. The van der Waals surface area contributed by atoms with Gasteiger partial charge in [-0.05, 0) is 50.0 Å². The predicted octanol–water partition coefficient (Wildman–Crippen LogP) is 4.26. The van der Waals surface area contributed by atoms with Crippen molar-refractivity contribution in [1.82, 2.24) is 10.2 Å². The summed E-state index contributed by atoms with van der Waals surface area (Å²) < 4.78 is 41.5. The Kier molecular flexibility index (Phi) is 5.76. The zero-order valence-electron chi connectivity index (χ0n) is 14.4. The van der Waals surface area contributed by atoms with E-state index in [2.05, 4.69) is 10.2 Å². The van der Waals surface area contributed by atoms with E-state index >= 15 is 0 Å². The van der Waals surface area contributed by atoms with Gasteiger partial charge in [0.05, 0.1) is 0 Å². The van der Waals surface area contributed by atoms with E-state index in [0.717, 1.165) is 24.7 Å². The smallest absolute Gasteiger partial charge is 0.167 e. The minimum atomic E-state index is -1.12. The van der Waals surface area contributed by atoms with Gasteiger partial charge in [-0.1, -0.05) is 24.3 Å². The van der Waals surface area contributed by atoms with E-state index in [1.54, 1.807) is 12.1 Å². The monoisotopic (exact) mass is 348 g/mol. The summed E-state index contributed by atoms with van der Waals surface area (Å²) in [5.41, 5.74) is 1.18. The van der Waals surface area contributed by atoms with Crippen LogP contribution < -0.4 is 5.32 Å². The van der Waals surface area contributed by atoms with Crippen molar-refractivity contribution in [2.75, 3.05) is 26.2 Å². The molecular formula is C20H23F3N2. The molecule has 1 N–H and O–H groups in total. The number of benzene rings is 2. The maximum absolute atomic E-state index is 14.1. The molecule has 3 rings (SSSR count). The lowest BCUT2D eigenvalue weighted by molar-refractivity contribution is 0.335. The minimum absolute atomic E-state index is 0.0471. The molecule has 0 aromatic heterocycles. The molecule has 0 radical (unpaired) electrons. The first-order valence-electron chi connectivity index (χ1n) is 8.73. The van der Waals surface area contributed by atoms with E-state index in [1.807, 2.05) is 12.1 Å². The van der Waals surface area contributed by atoms with Crippen LogP contribution >= 0.6 is 0 Å². The molecule has 2 nitrogen and oxygen atoms in total. The summed E-state index contributed by atoms with van der Waals surface area (Å²) in [6.07, 6.45) is 2.58. The maximum Gasteiger partial charge on any atom is 0.167 e. The van der Waals surface area contributed by atoms with Crippen molar-refractivity contribution in [2.45, 2.75) is 26.3 Å². The van der Waals surface area contributed by atoms with Crippen LogP contribution in [-0.4, -0.2) is 31.1 Å². The normalized spacial score (nSPS) is 15.0. The third-order valence-corrected chi connectivity index (χ3v) is 4.79. The number of halogens is 3. The van der Waals surface area contributed by atoms with Gasteiger partial charge in [-0.15, -0.1) is 0 Å². The average molecular weight is 348 g/mol. The highest BCUT2D eigenvalue weighted by atomic mass is 19.2. The molecule has 1 fully saturated rings. The van der Waals surface area contributed by atoms with Crippen LogP contribution in [0.15, 0.2) is 30.3 Å². The first kappa shape index (κ1) is 18.0. The van der Waals surface area contributed by atoms with Crippen LogP contribution in [0.1, 0.15) is 24.0 Å². The van der Waals surface area contributed by atoms with Crippen molar-refractivity contribution in [1.29, 1.82) is 0 Å². The van der Waals surface area contributed by atoms with Gasteiger partial charge in [0.15, 0.2) is 11.6 Å². The van der Waals surface area contributed by atoms with Crippen LogP contribution in [0, 0.1) is 24.4 Å². The molecule has 1 saturated heterocycles. The van der Waals surface area contributed by atoms with Crippen molar-refractivity contribution in [2.24, 2.45) is 0 Å². The molecule has 0 saturated carbocycles. The number of nitrogens with zero attached hydrogens (tertiary/aromatic N) is 1. The summed E-state index contributed by atoms with van der Waals surface area (Å²) in [7, 11) is 0. The largest absolute Gasteiger partial charge is 0.311 e. The van der Waals surface area contributed by atoms with Gasteiger partial charge < -0.3 is 10.2 Å². The molecule has 0 amide bonds. The summed E-state index contributed by atoms with van der Waals surface area (Å²) in [6, 6.07) is 8.16. The average Bonchev–Trinajstić information content (AvgIpc) is 3.14. The summed E-state index contributed by atoms with van der Waals surface area (Å²) in [6.45, 7) is 6.29. The molecule has 0 aliphatic carbocycles. The Morgan fingerprint density at radius 1 is 1.00 bits per heavy atom. The molecule has 25 heavy (non-hydrogen) atoms. The van der Waals surface area contributed by atoms with E-state index in [9.17, 15) is 13.2 Å². The van der Waals surface area contributed by atoms with Crippen molar-refractivity contribution in [3.8, 4) is 11.1 Å². The Morgan fingerprint density at radius 3 is 2.36 bits per heavy atom. The van der Waals surface area contributed by atoms with Crippen LogP contribution in [0.3, 0.4) is 0 Å². The fraction of sp³-hybridized carbons (Fsp3) is 0.400. The second kappa shape index (κ2) is 8.02. The van der Waals surface area contributed by atoms with Crippen LogP contribution in [0.25, 0.3) is 11.1 Å². The van der Waals surface area contributed by atoms with E-state index in [1.165, 1.54) is 32.9 Å². The van der Waals surface area contributed by atoms with Gasteiger partial charge in [0.1, 0.15) is 5.82 Å². The number of rotatable bonds is 6. The zero-order chi connectivity index (χ0) is 17.8. The molecule has 1 aliphatic heterocycles. The summed E-state index contributed by atoms with van der Waals surface area (Å²) in [5, 5.41) is 3.39. The molecule has 0 bridgehead atoms. The van der Waals surface area contributed by atoms with Crippen molar-refractivity contribution in [3.63, 3.8) is 0 Å². The van der Waals surface area contributed by atoms with E-state index in [4.69, 9.17) is 0 Å². The second-order valence-corrected chi connectivity index (χ2v) is 6.58. The van der Waals surface area contributed by atoms with Gasteiger partial charge in [-0.25, -0.2) is 13.2 Å². The third-order valence-electron chi connectivity index (χ3n) is 4.79. The Labute approximate surface area is 146 Å². The third kappa shape index (κ3) is 4.22. The molecule has 2 aromatic rings. The number of likely N-dealkylation sites (tertiary alicyclic amines) is 1. The minimum Gasteiger partial charge on any atom is -0.311 e. The van der Waals surface area contributed by atoms with E-state index in [0.29, 0.717) is 12.1 Å². The van der Waals surface area contributed by atoms with Crippen LogP contribution in [-0.2, 0) is 6.54 Å². The molecule has 0 atom stereocenters. The second-order valence-electron chi connectivity index (χ2n) is 6.58. The SMILES string of the molecule is Cc1c(F)cc(-c2ccc(CNCCN3CCCC3)cc2)c(F)c1F. The highest BCUT2D eigenvalue weighted by Gasteiger charge is 2.17. The standard InChI is InChI=1S/C20H23F3N2/c1-14-18(21)12-17(20(23)19(14)22)16-6-4-15(5-7-16)13-24-8-11-25-9-2-3-10-25/h4-7,12,24H,2-3,8-11,13H2,1H3. The molecule has 1 aliphatic rings. The lowest BCUT2D eigenvalue weighted by atomic mass is 10.0. The molecule has 0 spiro atoms. The Balaban J connectivity index is 1.60. The summed E-state index contributed by atoms with van der Waals surface area (Å²) in [5.74, 6) is -2.86. The van der Waals surface area contributed by atoms with E-state index < -0.39 is 17.5 Å². The van der Waals surface area contributed by atoms with Crippen molar-refractivity contribution in [3.05, 3.63) is 58.9 Å². The van der Waals surface area contributed by atoms with Crippen molar-refractivity contribution >= 4 is 0 Å². The van der Waals surface area contributed by atoms with Gasteiger partial charge >= 0.3 is 0 Å². The topological polar surface area (TPSA) is 15.3 Å². The van der Waals surface area contributed by atoms with Crippen molar-refractivity contribution < 1.29 is 13.2 Å². The molecule has 5 heteroatoms. The first-order valence-corrected chi connectivity index (χ1v) is 8.73. The highest BCUT2D eigenvalue weighted by Crippen LogP contribution is 2.28. The Hall–Kier alpha value is -1.85. The lowest BCUT2D eigenvalue weighted by Gasteiger charge is -2.14. The summed E-state index contributed by atoms with van der Waals surface area (Å²) >= 11 is 0. The maximum atomic E-state index is 14.1. The highest BCUT2D eigenvalue weighted by molar-refractivity contribution is 5.65. The van der Waals surface area contributed by atoms with Gasteiger partial charge in [-0.3, -0.25) is 0 Å². The zero-order valence-corrected chi connectivity index (χ0v) is 14.4. The van der Waals surface area contributed by atoms with Gasteiger partial charge in [0.2, 0.25) is 0 Å². The molecule has 1 heterocycles. The number of nitrogens with one attached hydrogen (secondary N) is 1. The van der Waals surface area contributed by atoms with Crippen LogP contribution in [0.4, 0.5) is 13.2 Å². The summed E-state index contributed by atoms with van der Waals surface area (Å²) in [4.78, 5) is 2.44. The van der Waals surface area contributed by atoms with Gasteiger partial charge in [0, 0.05) is 30.8 Å². The van der Waals surface area contributed by atoms with Gasteiger partial charge in [0.25, 0.3) is 0 Å². The fourth-order valence-corrected chi connectivity index (χ4v) is 3.17. The predicted molar refractivity (Wildman–Crippen MR) is 93.9 cm³/mol. The molecule has 0 unspecified atom stereocenters. The molecular weight excluding hydrogens is 325 g/mol. The quantitative estimate of drug-likeness (QED) is 0.620. The Morgan fingerprint density at radius 2 is 1.68 bits per heavy atom. The van der Waals surface area contributed by atoms with Crippen LogP contribution in [0.5, 0.6) is 0 Å². The first-order chi connectivity index (χ1) is 12.1. The lowest BCUT2D eigenvalue weighted by Crippen LogP contribution is -2.29. The molecule has 134 valence electrons. The number of hydrogen-bond acceptors (Lipinski definition) is 2. The fourth-order valence-electron chi connectivity index (χ4n) is 3.17.